The number of aromatic nitrogens is 2. The molecule has 1 aliphatic heterocycles. The lowest BCUT2D eigenvalue weighted by atomic mass is 10.1. The first-order valence-electron chi connectivity index (χ1n) is 5.74. The van der Waals surface area contributed by atoms with Crippen LogP contribution in [-0.2, 0) is 0 Å². The highest BCUT2D eigenvalue weighted by atomic mass is 79.9. The van der Waals surface area contributed by atoms with E-state index >= 15 is 0 Å². The van der Waals surface area contributed by atoms with Gasteiger partial charge in [-0.05, 0) is 29.4 Å². The van der Waals surface area contributed by atoms with E-state index in [0.717, 1.165) is 36.3 Å². The van der Waals surface area contributed by atoms with Crippen LogP contribution in [0.4, 0.5) is 5.82 Å². The molecule has 1 aromatic rings. The Hall–Kier alpha value is -0.390. The molecule has 0 bridgehead atoms. The molecule has 1 aromatic heterocycles. The molecule has 0 saturated carbocycles. The fraction of sp³-hybridized carbons (Fsp3) is 0.636. The summed E-state index contributed by atoms with van der Waals surface area (Å²) >= 11 is 9.46. The fourth-order valence-electron chi connectivity index (χ4n) is 2.14. The van der Waals surface area contributed by atoms with E-state index in [2.05, 4.69) is 49.7 Å². The molecule has 0 spiro atoms. The summed E-state index contributed by atoms with van der Waals surface area (Å²) in [5.41, 5.74) is 0. The summed E-state index contributed by atoms with van der Waals surface area (Å²) in [6.45, 7) is 5.22. The van der Waals surface area contributed by atoms with Gasteiger partial charge < -0.3 is 4.90 Å². The van der Waals surface area contributed by atoms with Crippen LogP contribution in [0.5, 0.6) is 0 Å². The molecule has 0 N–H and O–H groups in total. The molecule has 4 nitrogen and oxygen atoms in total. The number of rotatable bonds is 2. The summed E-state index contributed by atoms with van der Waals surface area (Å²) in [6, 6.07) is 0.574. The lowest BCUT2D eigenvalue weighted by molar-refractivity contribution is 0.213. The summed E-state index contributed by atoms with van der Waals surface area (Å²) in [7, 11) is 2.17. The summed E-state index contributed by atoms with van der Waals surface area (Å²) in [5.74, 6) is 0.900. The van der Waals surface area contributed by atoms with Crippen LogP contribution in [0.25, 0.3) is 0 Å². The Bertz CT molecular complexity index is 401. The van der Waals surface area contributed by atoms with E-state index in [-0.39, 0.29) is 0 Å². The van der Waals surface area contributed by atoms with E-state index in [1.165, 1.54) is 6.33 Å². The standard InChI is InChI=1S/C11H16BrClN4/c1-3-8-6-17(5-4-16(8)2)11-9(12)10(13)14-7-15-11/h7-8H,3-6H2,1-2H3. The fourth-order valence-corrected chi connectivity index (χ4v) is 2.72. The zero-order valence-corrected chi connectivity index (χ0v) is 12.4. The van der Waals surface area contributed by atoms with Crippen LogP contribution in [0.2, 0.25) is 5.15 Å². The van der Waals surface area contributed by atoms with Gasteiger partial charge in [0.25, 0.3) is 0 Å². The van der Waals surface area contributed by atoms with Crippen LogP contribution in [0.15, 0.2) is 10.8 Å². The molecule has 6 heteroatoms. The highest BCUT2D eigenvalue weighted by Gasteiger charge is 2.25. The number of piperazine rings is 1. The molecule has 0 radical (unpaired) electrons. The maximum atomic E-state index is 6.00. The van der Waals surface area contributed by atoms with E-state index in [0.29, 0.717) is 11.2 Å². The highest BCUT2D eigenvalue weighted by Crippen LogP contribution is 2.30. The Balaban J connectivity index is 2.20. The summed E-state index contributed by atoms with van der Waals surface area (Å²) in [4.78, 5) is 12.9. The Morgan fingerprint density at radius 1 is 1.47 bits per heavy atom. The van der Waals surface area contributed by atoms with Gasteiger partial charge >= 0.3 is 0 Å². The number of hydrogen-bond acceptors (Lipinski definition) is 4. The van der Waals surface area contributed by atoms with Crippen LogP contribution in [0, 0.1) is 0 Å². The Morgan fingerprint density at radius 3 is 2.94 bits per heavy atom. The molecular formula is C11H16BrClN4. The van der Waals surface area contributed by atoms with Crippen molar-refractivity contribution in [2.75, 3.05) is 31.6 Å². The second-order valence-corrected chi connectivity index (χ2v) is 5.44. The van der Waals surface area contributed by atoms with Gasteiger partial charge in [0, 0.05) is 25.7 Å². The minimum Gasteiger partial charge on any atom is -0.353 e. The van der Waals surface area contributed by atoms with Crippen molar-refractivity contribution in [2.45, 2.75) is 19.4 Å². The van der Waals surface area contributed by atoms with Gasteiger partial charge in [-0.1, -0.05) is 18.5 Å². The van der Waals surface area contributed by atoms with Gasteiger partial charge in [0.1, 0.15) is 17.3 Å². The van der Waals surface area contributed by atoms with E-state index in [1.807, 2.05) is 0 Å². The van der Waals surface area contributed by atoms with Crippen molar-refractivity contribution >= 4 is 33.3 Å². The quantitative estimate of drug-likeness (QED) is 0.784. The first kappa shape index (κ1) is 13.1. The van der Waals surface area contributed by atoms with Crippen molar-refractivity contribution in [1.82, 2.24) is 14.9 Å². The molecule has 2 heterocycles. The molecule has 0 aliphatic carbocycles. The first-order valence-corrected chi connectivity index (χ1v) is 6.91. The maximum absolute atomic E-state index is 6.00. The molecule has 1 saturated heterocycles. The predicted octanol–water partition coefficient (Wildman–Crippen LogP) is 2.42. The molecule has 0 amide bonds. The van der Waals surface area contributed by atoms with E-state index in [4.69, 9.17) is 11.6 Å². The average molecular weight is 320 g/mol. The molecule has 94 valence electrons. The van der Waals surface area contributed by atoms with Gasteiger partial charge in [-0.25, -0.2) is 9.97 Å². The van der Waals surface area contributed by atoms with Gasteiger partial charge in [-0.3, -0.25) is 4.90 Å². The third-order valence-electron chi connectivity index (χ3n) is 3.28. The third kappa shape index (κ3) is 2.72. The van der Waals surface area contributed by atoms with Gasteiger partial charge in [-0.2, -0.15) is 0 Å². The van der Waals surface area contributed by atoms with Gasteiger partial charge in [0.05, 0.1) is 4.47 Å². The number of nitrogens with zero attached hydrogens (tertiary/aromatic N) is 4. The normalized spacial score (nSPS) is 21.9. The molecule has 2 rings (SSSR count). The smallest absolute Gasteiger partial charge is 0.148 e. The van der Waals surface area contributed by atoms with E-state index in [9.17, 15) is 0 Å². The number of likely N-dealkylation sites (N-methyl/N-ethyl adjacent to an activating group) is 1. The van der Waals surface area contributed by atoms with Crippen molar-refractivity contribution in [2.24, 2.45) is 0 Å². The summed E-state index contributed by atoms with van der Waals surface area (Å²) in [6.07, 6.45) is 2.66. The molecule has 1 unspecified atom stereocenters. The lowest BCUT2D eigenvalue weighted by Crippen LogP contribution is -2.51. The zero-order chi connectivity index (χ0) is 12.4. The minimum absolute atomic E-state index is 0.474. The monoisotopic (exact) mass is 318 g/mol. The number of anilines is 1. The Labute approximate surface area is 115 Å². The molecule has 1 aliphatic rings. The van der Waals surface area contributed by atoms with Crippen molar-refractivity contribution in [1.29, 1.82) is 0 Å². The third-order valence-corrected chi connectivity index (χ3v) is 4.52. The predicted molar refractivity (Wildman–Crippen MR) is 73.7 cm³/mol. The molecule has 1 fully saturated rings. The topological polar surface area (TPSA) is 32.3 Å². The van der Waals surface area contributed by atoms with Crippen molar-refractivity contribution < 1.29 is 0 Å². The van der Waals surface area contributed by atoms with Crippen molar-refractivity contribution in [3.8, 4) is 0 Å². The van der Waals surface area contributed by atoms with Crippen LogP contribution in [0.1, 0.15) is 13.3 Å². The van der Waals surface area contributed by atoms with E-state index < -0.39 is 0 Å². The highest BCUT2D eigenvalue weighted by molar-refractivity contribution is 9.10. The van der Waals surface area contributed by atoms with Gasteiger partial charge in [0.15, 0.2) is 0 Å². The molecular weight excluding hydrogens is 304 g/mol. The van der Waals surface area contributed by atoms with E-state index in [1.54, 1.807) is 0 Å². The second kappa shape index (κ2) is 5.50. The van der Waals surface area contributed by atoms with Gasteiger partial charge in [0.2, 0.25) is 0 Å². The van der Waals surface area contributed by atoms with Crippen LogP contribution >= 0.6 is 27.5 Å². The summed E-state index contributed by atoms with van der Waals surface area (Å²) in [5, 5.41) is 0.474. The van der Waals surface area contributed by atoms with Gasteiger partial charge in [-0.15, -0.1) is 0 Å². The lowest BCUT2D eigenvalue weighted by Gasteiger charge is -2.39. The van der Waals surface area contributed by atoms with Crippen molar-refractivity contribution in [3.05, 3.63) is 16.0 Å². The number of halogens is 2. The van der Waals surface area contributed by atoms with Crippen LogP contribution in [-0.4, -0.2) is 47.6 Å². The average Bonchev–Trinajstić information content (AvgIpc) is 2.34. The minimum atomic E-state index is 0.474. The SMILES string of the molecule is CCC1CN(c2ncnc(Cl)c2Br)CCN1C. The Kier molecular flexibility index (Phi) is 4.22. The van der Waals surface area contributed by atoms with Crippen molar-refractivity contribution in [3.63, 3.8) is 0 Å². The second-order valence-electron chi connectivity index (χ2n) is 4.29. The first-order chi connectivity index (χ1) is 8.13. The maximum Gasteiger partial charge on any atom is 0.148 e. The zero-order valence-electron chi connectivity index (χ0n) is 10.0. The molecule has 1 atom stereocenters. The Morgan fingerprint density at radius 2 is 2.24 bits per heavy atom. The van der Waals surface area contributed by atoms with Crippen LogP contribution in [0.3, 0.4) is 0 Å². The molecule has 0 aromatic carbocycles. The molecule has 17 heavy (non-hydrogen) atoms. The summed E-state index contributed by atoms with van der Waals surface area (Å²) < 4.78 is 0.793. The largest absolute Gasteiger partial charge is 0.353 e. The number of hydrogen-bond donors (Lipinski definition) is 0. The van der Waals surface area contributed by atoms with Crippen LogP contribution < -0.4 is 4.90 Å².